The van der Waals surface area contributed by atoms with Crippen molar-refractivity contribution in [3.63, 3.8) is 0 Å². The topological polar surface area (TPSA) is 82.9 Å². The number of hydrogen-bond acceptors (Lipinski definition) is 4. The third-order valence-corrected chi connectivity index (χ3v) is 5.55. The molecule has 2 aliphatic rings. The normalized spacial score (nSPS) is 17.7. The summed E-state index contributed by atoms with van der Waals surface area (Å²) in [6, 6.07) is 9.16. The van der Waals surface area contributed by atoms with E-state index in [0.29, 0.717) is 39.0 Å². The van der Waals surface area contributed by atoms with Gasteiger partial charge in [-0.05, 0) is 42.7 Å². The van der Waals surface area contributed by atoms with Crippen molar-refractivity contribution in [3.05, 3.63) is 59.8 Å². The quantitative estimate of drug-likeness (QED) is 0.778. The van der Waals surface area contributed by atoms with Crippen molar-refractivity contribution in [1.82, 2.24) is 15.1 Å². The number of piperazine rings is 1. The lowest BCUT2D eigenvalue weighted by Gasteiger charge is -2.36. The van der Waals surface area contributed by atoms with Gasteiger partial charge in [0.25, 0.3) is 5.91 Å². The van der Waals surface area contributed by atoms with E-state index in [1.54, 1.807) is 34.1 Å². The largest absolute Gasteiger partial charge is 0.459 e. The highest BCUT2D eigenvalue weighted by Gasteiger charge is 2.58. The Morgan fingerprint density at radius 2 is 1.66 bits per heavy atom. The molecule has 1 aliphatic heterocycles. The Morgan fingerprint density at radius 3 is 2.24 bits per heavy atom. The standard InChI is InChI=1S/C21H22FN3O4/c22-16-5-3-15(4-6-16)14-23-19(27)21(7-8-21)20(28)25-11-9-24(10-12-25)18(26)17-2-1-13-29-17/h1-6,13H,7-12,14H2,(H,23,27). The van der Waals surface area contributed by atoms with E-state index in [-0.39, 0.29) is 35.8 Å². The summed E-state index contributed by atoms with van der Waals surface area (Å²) >= 11 is 0. The number of nitrogens with zero attached hydrogens (tertiary/aromatic N) is 2. The first-order valence-corrected chi connectivity index (χ1v) is 9.64. The molecule has 152 valence electrons. The van der Waals surface area contributed by atoms with Gasteiger partial charge >= 0.3 is 0 Å². The molecule has 1 aromatic heterocycles. The number of furan rings is 1. The summed E-state index contributed by atoms with van der Waals surface area (Å²) in [5.41, 5.74) is -0.235. The van der Waals surface area contributed by atoms with Gasteiger partial charge in [0.15, 0.2) is 5.76 Å². The molecule has 7 nitrogen and oxygen atoms in total. The SMILES string of the molecule is O=C(c1ccco1)N1CCN(C(=O)C2(C(=O)NCc3ccc(F)cc3)CC2)CC1. The minimum atomic E-state index is -1.01. The van der Waals surface area contributed by atoms with E-state index in [1.165, 1.54) is 18.4 Å². The van der Waals surface area contributed by atoms with Gasteiger partial charge in [0.2, 0.25) is 11.8 Å². The monoisotopic (exact) mass is 399 g/mol. The third-order valence-electron chi connectivity index (χ3n) is 5.55. The number of rotatable bonds is 5. The van der Waals surface area contributed by atoms with Gasteiger partial charge in [-0.25, -0.2) is 4.39 Å². The van der Waals surface area contributed by atoms with E-state index >= 15 is 0 Å². The van der Waals surface area contributed by atoms with Crippen LogP contribution in [-0.4, -0.2) is 53.7 Å². The molecule has 29 heavy (non-hydrogen) atoms. The van der Waals surface area contributed by atoms with Gasteiger partial charge in [-0.2, -0.15) is 0 Å². The van der Waals surface area contributed by atoms with E-state index in [2.05, 4.69) is 5.32 Å². The lowest BCUT2D eigenvalue weighted by Crippen LogP contribution is -2.54. The zero-order valence-corrected chi connectivity index (χ0v) is 15.9. The maximum Gasteiger partial charge on any atom is 0.289 e. The van der Waals surface area contributed by atoms with Gasteiger partial charge in [0.1, 0.15) is 11.2 Å². The molecule has 2 aromatic rings. The minimum absolute atomic E-state index is 0.181. The van der Waals surface area contributed by atoms with E-state index < -0.39 is 5.41 Å². The minimum Gasteiger partial charge on any atom is -0.459 e. The molecule has 4 rings (SSSR count). The molecule has 8 heteroatoms. The summed E-state index contributed by atoms with van der Waals surface area (Å²) in [6.45, 7) is 1.83. The second-order valence-corrected chi connectivity index (χ2v) is 7.45. The first-order chi connectivity index (χ1) is 14.0. The Hall–Kier alpha value is -3.16. The van der Waals surface area contributed by atoms with Crippen molar-refractivity contribution < 1.29 is 23.2 Å². The highest BCUT2D eigenvalue weighted by Crippen LogP contribution is 2.47. The van der Waals surface area contributed by atoms with Crippen LogP contribution in [0.2, 0.25) is 0 Å². The summed E-state index contributed by atoms with van der Waals surface area (Å²) in [6.07, 6.45) is 2.49. The molecule has 0 unspecified atom stereocenters. The van der Waals surface area contributed by atoms with Crippen molar-refractivity contribution in [2.24, 2.45) is 5.41 Å². The highest BCUT2D eigenvalue weighted by molar-refractivity contribution is 6.08. The zero-order valence-electron chi connectivity index (χ0n) is 15.9. The number of carbonyl (C=O) groups is 3. The van der Waals surface area contributed by atoms with Crippen molar-refractivity contribution in [2.45, 2.75) is 19.4 Å². The van der Waals surface area contributed by atoms with Crippen LogP contribution in [0.4, 0.5) is 4.39 Å². The van der Waals surface area contributed by atoms with E-state index in [9.17, 15) is 18.8 Å². The molecular formula is C21H22FN3O4. The number of carbonyl (C=O) groups excluding carboxylic acids is 3. The van der Waals surface area contributed by atoms with Crippen LogP contribution in [0.3, 0.4) is 0 Å². The van der Waals surface area contributed by atoms with Gasteiger partial charge in [0.05, 0.1) is 6.26 Å². The van der Waals surface area contributed by atoms with Crippen LogP contribution in [-0.2, 0) is 16.1 Å². The Kier molecular flexibility index (Phi) is 5.08. The smallest absolute Gasteiger partial charge is 0.289 e. The number of benzene rings is 1. The molecule has 0 spiro atoms. The first kappa shape index (κ1) is 19.2. The summed E-state index contributed by atoms with van der Waals surface area (Å²) in [4.78, 5) is 41.3. The molecule has 1 saturated carbocycles. The van der Waals surface area contributed by atoms with Gasteiger partial charge < -0.3 is 19.5 Å². The Labute approximate surface area is 167 Å². The Morgan fingerprint density at radius 1 is 1.00 bits per heavy atom. The molecule has 0 radical (unpaired) electrons. The van der Waals surface area contributed by atoms with Crippen molar-refractivity contribution >= 4 is 17.7 Å². The van der Waals surface area contributed by atoms with Crippen LogP contribution < -0.4 is 5.32 Å². The molecular weight excluding hydrogens is 377 g/mol. The number of halogens is 1. The van der Waals surface area contributed by atoms with Gasteiger partial charge in [0, 0.05) is 32.7 Å². The molecule has 0 bridgehead atoms. The average Bonchev–Trinajstić information content (AvgIpc) is 3.38. The predicted molar refractivity (Wildman–Crippen MR) is 101 cm³/mol. The molecule has 1 aromatic carbocycles. The molecule has 1 aliphatic carbocycles. The van der Waals surface area contributed by atoms with Crippen molar-refractivity contribution in [2.75, 3.05) is 26.2 Å². The fourth-order valence-corrected chi connectivity index (χ4v) is 3.59. The average molecular weight is 399 g/mol. The van der Waals surface area contributed by atoms with Crippen molar-refractivity contribution in [3.8, 4) is 0 Å². The second kappa shape index (κ2) is 7.69. The summed E-state index contributed by atoms with van der Waals surface area (Å²) in [5, 5.41) is 2.80. The van der Waals surface area contributed by atoms with Gasteiger partial charge in [-0.1, -0.05) is 12.1 Å². The number of amides is 3. The molecule has 1 N–H and O–H groups in total. The summed E-state index contributed by atoms with van der Waals surface area (Å²) in [5.74, 6) is -0.720. The lowest BCUT2D eigenvalue weighted by molar-refractivity contribution is -0.145. The number of nitrogens with one attached hydrogen (secondary N) is 1. The first-order valence-electron chi connectivity index (χ1n) is 9.64. The molecule has 2 heterocycles. The molecule has 1 saturated heterocycles. The lowest BCUT2D eigenvalue weighted by atomic mass is 10.0. The van der Waals surface area contributed by atoms with Crippen LogP contribution in [0, 0.1) is 11.2 Å². The van der Waals surface area contributed by atoms with Crippen LogP contribution in [0.15, 0.2) is 47.1 Å². The van der Waals surface area contributed by atoms with E-state index in [1.807, 2.05) is 0 Å². The van der Waals surface area contributed by atoms with Crippen LogP contribution in [0.1, 0.15) is 29.0 Å². The van der Waals surface area contributed by atoms with Crippen LogP contribution in [0.5, 0.6) is 0 Å². The second-order valence-electron chi connectivity index (χ2n) is 7.45. The Balaban J connectivity index is 1.31. The van der Waals surface area contributed by atoms with Gasteiger partial charge in [-0.3, -0.25) is 14.4 Å². The van der Waals surface area contributed by atoms with E-state index in [4.69, 9.17) is 4.42 Å². The Bertz CT molecular complexity index is 899. The maximum atomic E-state index is 13.0. The zero-order chi connectivity index (χ0) is 20.4. The van der Waals surface area contributed by atoms with E-state index in [0.717, 1.165) is 5.56 Å². The molecule has 2 fully saturated rings. The highest BCUT2D eigenvalue weighted by atomic mass is 19.1. The van der Waals surface area contributed by atoms with Crippen LogP contribution in [0.25, 0.3) is 0 Å². The summed E-state index contributed by atoms with van der Waals surface area (Å²) in [7, 11) is 0. The molecule has 0 atom stereocenters. The van der Waals surface area contributed by atoms with Gasteiger partial charge in [-0.15, -0.1) is 0 Å². The maximum absolute atomic E-state index is 13.0. The fraction of sp³-hybridized carbons (Fsp3) is 0.381. The number of hydrogen-bond donors (Lipinski definition) is 1. The third kappa shape index (κ3) is 3.87. The van der Waals surface area contributed by atoms with Crippen molar-refractivity contribution in [1.29, 1.82) is 0 Å². The fourth-order valence-electron chi connectivity index (χ4n) is 3.59. The molecule has 3 amide bonds. The summed E-state index contributed by atoms with van der Waals surface area (Å²) < 4.78 is 18.1. The van der Waals surface area contributed by atoms with Crippen LogP contribution >= 0.6 is 0 Å². The predicted octanol–water partition coefficient (Wildman–Crippen LogP) is 1.80.